The highest BCUT2D eigenvalue weighted by Gasteiger charge is 1.91. The summed E-state index contributed by atoms with van der Waals surface area (Å²) in [5.74, 6) is 0. The van der Waals surface area contributed by atoms with E-state index in [0.717, 1.165) is 6.42 Å². The van der Waals surface area contributed by atoms with E-state index in [-0.39, 0.29) is 0 Å². The minimum Gasteiger partial charge on any atom is -0.317 e. The summed E-state index contributed by atoms with van der Waals surface area (Å²) in [6, 6.07) is 0. The Morgan fingerprint density at radius 2 is 0.958 bits per heavy atom. The topological polar surface area (TPSA) is 12.0 Å². The van der Waals surface area contributed by atoms with Crippen molar-refractivity contribution in [3.63, 3.8) is 0 Å². The molecule has 0 unspecified atom stereocenters. The van der Waals surface area contributed by atoms with Gasteiger partial charge in [0.15, 0.2) is 0 Å². The summed E-state index contributed by atoms with van der Waals surface area (Å²) >= 11 is 0. The predicted octanol–water partition coefficient (Wildman–Crippen LogP) is 7.58. The normalized spacial score (nSPS) is 11.9. The summed E-state index contributed by atoms with van der Waals surface area (Å²) in [7, 11) is 0. The fraction of sp³-hybridized carbons (Fsp3) is 0.826. The Bertz CT molecular complexity index is 267. The van der Waals surface area contributed by atoms with Crippen LogP contribution in [0.4, 0.5) is 0 Å². The lowest BCUT2D eigenvalue weighted by Crippen LogP contribution is -2.16. The molecule has 1 heteroatoms. The fourth-order valence-corrected chi connectivity index (χ4v) is 2.86. The number of rotatable bonds is 19. The lowest BCUT2D eigenvalue weighted by Gasteiger charge is -2.04. The maximum Gasteiger partial charge on any atom is -0.00489 e. The second kappa shape index (κ2) is 22.4. The average molecular weight is 336 g/mol. The average Bonchev–Trinajstić information content (AvgIpc) is 2.60. The highest BCUT2D eigenvalue weighted by atomic mass is 14.8. The molecule has 0 aliphatic rings. The molecule has 0 aliphatic carbocycles. The van der Waals surface area contributed by atoms with Gasteiger partial charge in [0.2, 0.25) is 0 Å². The molecule has 0 aromatic carbocycles. The van der Waals surface area contributed by atoms with Crippen molar-refractivity contribution in [3.05, 3.63) is 24.3 Å². The lowest BCUT2D eigenvalue weighted by molar-refractivity contribution is 0.553. The monoisotopic (exact) mass is 335 g/mol. The zero-order valence-corrected chi connectivity index (χ0v) is 16.8. The van der Waals surface area contributed by atoms with Crippen molar-refractivity contribution in [1.29, 1.82) is 0 Å². The summed E-state index contributed by atoms with van der Waals surface area (Å²) in [6.07, 6.45) is 29.5. The molecule has 142 valence electrons. The van der Waals surface area contributed by atoms with Crippen LogP contribution < -0.4 is 5.32 Å². The van der Waals surface area contributed by atoms with Gasteiger partial charge in [-0.05, 0) is 58.0 Å². The van der Waals surface area contributed by atoms with E-state index in [0.29, 0.717) is 0 Å². The van der Waals surface area contributed by atoms with Gasteiger partial charge in [-0.25, -0.2) is 0 Å². The molecule has 0 saturated carbocycles. The molecule has 0 bridgehead atoms. The number of unbranched alkanes of at least 4 members (excludes halogenated alkanes) is 11. The molecule has 0 heterocycles. The van der Waals surface area contributed by atoms with Crippen LogP contribution in [-0.4, -0.2) is 13.1 Å². The highest BCUT2D eigenvalue weighted by molar-refractivity contribution is 4.92. The van der Waals surface area contributed by atoms with Crippen LogP contribution in [0.25, 0.3) is 0 Å². The third-order valence-electron chi connectivity index (χ3n) is 4.51. The Balaban J connectivity index is 3.10. The van der Waals surface area contributed by atoms with E-state index in [1.165, 1.54) is 103 Å². The van der Waals surface area contributed by atoms with E-state index in [2.05, 4.69) is 43.5 Å². The molecule has 24 heavy (non-hydrogen) atoms. The van der Waals surface area contributed by atoms with Gasteiger partial charge in [0.25, 0.3) is 0 Å². The molecule has 0 atom stereocenters. The maximum absolute atomic E-state index is 3.56. The van der Waals surface area contributed by atoms with Crippen molar-refractivity contribution in [3.8, 4) is 0 Å². The third-order valence-corrected chi connectivity index (χ3v) is 4.51. The second-order valence-electron chi connectivity index (χ2n) is 7.04. The van der Waals surface area contributed by atoms with E-state index < -0.39 is 0 Å². The van der Waals surface area contributed by atoms with Crippen LogP contribution in [0.3, 0.4) is 0 Å². The second-order valence-corrected chi connectivity index (χ2v) is 7.04. The Morgan fingerprint density at radius 1 is 0.500 bits per heavy atom. The Labute approximate surface area is 153 Å². The summed E-state index contributed by atoms with van der Waals surface area (Å²) in [4.78, 5) is 0. The number of nitrogens with one attached hydrogen (secondary N) is 1. The predicted molar refractivity (Wildman–Crippen MR) is 112 cm³/mol. The molecule has 0 spiro atoms. The molecule has 0 aromatic rings. The molecule has 0 radical (unpaired) electrons. The van der Waals surface area contributed by atoms with Gasteiger partial charge in [0, 0.05) is 0 Å². The molecule has 1 nitrogen and oxygen atoms in total. The van der Waals surface area contributed by atoms with Crippen molar-refractivity contribution in [2.24, 2.45) is 0 Å². The molecular formula is C23H45N. The van der Waals surface area contributed by atoms with Gasteiger partial charge in [0.1, 0.15) is 0 Å². The van der Waals surface area contributed by atoms with E-state index >= 15 is 0 Å². The van der Waals surface area contributed by atoms with Crippen molar-refractivity contribution < 1.29 is 0 Å². The van der Waals surface area contributed by atoms with Crippen LogP contribution in [-0.2, 0) is 0 Å². The Kier molecular flexibility index (Phi) is 21.9. The first-order valence-corrected chi connectivity index (χ1v) is 10.9. The standard InChI is InChI=1S/C23H45N/c1-3-5-7-8-9-10-11-12-13-14-15-16-17-18-19-21-23-24-22-20-6-4-2/h9-10,12-13,24H,3-8,11,14-23H2,1-2H3. The minimum atomic E-state index is 1.12. The molecular weight excluding hydrogens is 290 g/mol. The van der Waals surface area contributed by atoms with E-state index in [4.69, 9.17) is 0 Å². The minimum absolute atomic E-state index is 1.12. The SMILES string of the molecule is CCCCCC=CCC=CCCCCCCCCNCCCCC. The molecule has 0 aromatic heterocycles. The first-order valence-electron chi connectivity index (χ1n) is 10.9. The maximum atomic E-state index is 3.56. The van der Waals surface area contributed by atoms with E-state index in [1.54, 1.807) is 0 Å². The van der Waals surface area contributed by atoms with Crippen LogP contribution in [0.2, 0.25) is 0 Å². The van der Waals surface area contributed by atoms with Gasteiger partial charge in [-0.2, -0.15) is 0 Å². The first kappa shape index (κ1) is 23.4. The smallest absolute Gasteiger partial charge is 0.00489 e. The summed E-state index contributed by atoms with van der Waals surface area (Å²) in [5.41, 5.74) is 0. The molecule has 0 rings (SSSR count). The zero-order chi connectivity index (χ0) is 17.6. The van der Waals surface area contributed by atoms with Crippen LogP contribution in [0.5, 0.6) is 0 Å². The Hall–Kier alpha value is -0.560. The molecule has 0 aliphatic heterocycles. The van der Waals surface area contributed by atoms with E-state index in [1.807, 2.05) is 0 Å². The third kappa shape index (κ3) is 21.4. The molecule has 0 amide bonds. The summed E-state index contributed by atoms with van der Waals surface area (Å²) in [5, 5.41) is 3.56. The van der Waals surface area contributed by atoms with Crippen LogP contribution in [0, 0.1) is 0 Å². The fourth-order valence-electron chi connectivity index (χ4n) is 2.86. The quantitative estimate of drug-likeness (QED) is 0.189. The summed E-state index contributed by atoms with van der Waals surface area (Å²) in [6.45, 7) is 6.97. The zero-order valence-electron chi connectivity index (χ0n) is 16.8. The van der Waals surface area contributed by atoms with Gasteiger partial charge in [0.05, 0.1) is 0 Å². The van der Waals surface area contributed by atoms with Crippen molar-refractivity contribution >= 4 is 0 Å². The van der Waals surface area contributed by atoms with Gasteiger partial charge in [-0.3, -0.25) is 0 Å². The lowest BCUT2D eigenvalue weighted by atomic mass is 10.1. The molecule has 1 N–H and O–H groups in total. The largest absolute Gasteiger partial charge is 0.317 e. The van der Waals surface area contributed by atoms with Gasteiger partial charge < -0.3 is 5.32 Å². The first-order chi connectivity index (χ1) is 11.9. The van der Waals surface area contributed by atoms with Gasteiger partial charge in [-0.15, -0.1) is 0 Å². The molecule has 0 fully saturated rings. The van der Waals surface area contributed by atoms with Crippen LogP contribution in [0.15, 0.2) is 24.3 Å². The van der Waals surface area contributed by atoms with Gasteiger partial charge in [-0.1, -0.05) is 89.5 Å². The van der Waals surface area contributed by atoms with Gasteiger partial charge >= 0.3 is 0 Å². The van der Waals surface area contributed by atoms with Crippen LogP contribution in [0.1, 0.15) is 110 Å². The van der Waals surface area contributed by atoms with Crippen LogP contribution >= 0.6 is 0 Å². The number of hydrogen-bond acceptors (Lipinski definition) is 1. The molecule has 0 saturated heterocycles. The number of allylic oxidation sites excluding steroid dienone is 4. The summed E-state index contributed by atoms with van der Waals surface area (Å²) < 4.78 is 0. The van der Waals surface area contributed by atoms with Crippen molar-refractivity contribution in [2.75, 3.05) is 13.1 Å². The van der Waals surface area contributed by atoms with Crippen molar-refractivity contribution in [2.45, 2.75) is 110 Å². The Morgan fingerprint density at radius 3 is 1.58 bits per heavy atom. The van der Waals surface area contributed by atoms with Crippen molar-refractivity contribution in [1.82, 2.24) is 5.32 Å². The van der Waals surface area contributed by atoms with E-state index in [9.17, 15) is 0 Å². The highest BCUT2D eigenvalue weighted by Crippen LogP contribution is 2.08. The number of hydrogen-bond donors (Lipinski definition) is 1.